The number of hydrogen-bond donors (Lipinski definition) is 1. The smallest absolute Gasteiger partial charge is 0.243 e. The fourth-order valence-electron chi connectivity index (χ4n) is 3.74. The van der Waals surface area contributed by atoms with Gasteiger partial charge in [0.25, 0.3) is 0 Å². The molecule has 190 valence electrons. The molecular weight excluding hydrogens is 495 g/mol. The highest BCUT2D eigenvalue weighted by atomic mass is 35.5. The van der Waals surface area contributed by atoms with Crippen molar-refractivity contribution in [2.45, 2.75) is 51.1 Å². The van der Waals surface area contributed by atoms with Gasteiger partial charge in [0.1, 0.15) is 11.9 Å². The van der Waals surface area contributed by atoms with E-state index in [4.69, 9.17) is 11.6 Å². The lowest BCUT2D eigenvalue weighted by atomic mass is 10.0. The quantitative estimate of drug-likeness (QED) is 0.339. The number of rotatable bonds is 10. The normalized spacial score (nSPS) is 12.1. The van der Waals surface area contributed by atoms with Crippen molar-refractivity contribution in [2.75, 3.05) is 5.75 Å². The second kappa shape index (κ2) is 12.9. The molecule has 0 aromatic heterocycles. The third kappa shape index (κ3) is 8.68. The van der Waals surface area contributed by atoms with Crippen molar-refractivity contribution in [1.82, 2.24) is 10.2 Å². The van der Waals surface area contributed by atoms with Gasteiger partial charge in [-0.1, -0.05) is 72.3 Å². The van der Waals surface area contributed by atoms with Crippen molar-refractivity contribution in [3.8, 4) is 0 Å². The van der Waals surface area contributed by atoms with E-state index in [1.807, 2.05) is 75.4 Å². The van der Waals surface area contributed by atoms with Crippen LogP contribution in [0.2, 0.25) is 5.02 Å². The Morgan fingerprint density at radius 2 is 1.58 bits per heavy atom. The molecule has 3 aromatic carbocycles. The molecule has 7 heteroatoms. The van der Waals surface area contributed by atoms with Crippen molar-refractivity contribution in [3.05, 3.63) is 106 Å². The predicted molar refractivity (Wildman–Crippen MR) is 146 cm³/mol. The van der Waals surface area contributed by atoms with Crippen molar-refractivity contribution >= 4 is 35.2 Å². The number of amides is 2. The van der Waals surface area contributed by atoms with Gasteiger partial charge in [-0.3, -0.25) is 9.59 Å². The fraction of sp³-hybridized carbons (Fsp3) is 0.310. The summed E-state index contributed by atoms with van der Waals surface area (Å²) in [6, 6.07) is 22.6. The van der Waals surface area contributed by atoms with E-state index in [0.717, 1.165) is 11.1 Å². The van der Waals surface area contributed by atoms with Crippen molar-refractivity contribution in [2.24, 2.45) is 0 Å². The van der Waals surface area contributed by atoms with Crippen LogP contribution in [0.5, 0.6) is 0 Å². The van der Waals surface area contributed by atoms with E-state index in [1.54, 1.807) is 18.2 Å². The molecule has 0 aliphatic heterocycles. The van der Waals surface area contributed by atoms with Gasteiger partial charge >= 0.3 is 0 Å². The van der Waals surface area contributed by atoms with E-state index in [0.29, 0.717) is 22.8 Å². The number of nitrogens with zero attached hydrogens (tertiary/aromatic N) is 1. The van der Waals surface area contributed by atoms with E-state index in [1.165, 1.54) is 22.7 Å². The monoisotopic (exact) mass is 526 g/mol. The summed E-state index contributed by atoms with van der Waals surface area (Å²) in [6.07, 6.45) is 0.324. The van der Waals surface area contributed by atoms with Crippen LogP contribution in [-0.4, -0.2) is 34.0 Å². The largest absolute Gasteiger partial charge is 0.350 e. The summed E-state index contributed by atoms with van der Waals surface area (Å²) in [5, 5.41) is 3.67. The lowest BCUT2D eigenvalue weighted by molar-refractivity contribution is -0.140. The van der Waals surface area contributed by atoms with E-state index < -0.39 is 17.4 Å². The number of carbonyl (C=O) groups is 2. The average molecular weight is 527 g/mol. The summed E-state index contributed by atoms with van der Waals surface area (Å²) in [4.78, 5) is 28.6. The number of hydrogen-bond acceptors (Lipinski definition) is 3. The van der Waals surface area contributed by atoms with Crippen molar-refractivity contribution < 1.29 is 14.0 Å². The Bertz CT molecular complexity index is 1150. The first-order chi connectivity index (χ1) is 17.1. The molecule has 3 rings (SSSR count). The number of nitrogens with one attached hydrogen (secondary N) is 1. The topological polar surface area (TPSA) is 49.4 Å². The molecule has 0 spiro atoms. The molecule has 0 radical (unpaired) electrons. The first-order valence-electron chi connectivity index (χ1n) is 11.8. The molecule has 36 heavy (non-hydrogen) atoms. The number of carbonyl (C=O) groups excluding carboxylic acids is 2. The minimum absolute atomic E-state index is 0.00206. The molecule has 0 bridgehead atoms. The van der Waals surface area contributed by atoms with Gasteiger partial charge in [0, 0.05) is 34.8 Å². The molecule has 3 aromatic rings. The van der Waals surface area contributed by atoms with Crippen LogP contribution < -0.4 is 5.32 Å². The number of benzene rings is 3. The summed E-state index contributed by atoms with van der Waals surface area (Å²) in [6.45, 7) is 5.70. The van der Waals surface area contributed by atoms with Crippen LogP contribution in [0.3, 0.4) is 0 Å². The second-order valence-corrected chi connectivity index (χ2v) is 11.1. The Hall–Kier alpha value is -2.83. The number of thioether (sulfide) groups is 1. The Kier molecular flexibility index (Phi) is 9.97. The summed E-state index contributed by atoms with van der Waals surface area (Å²) in [5.41, 5.74) is 1.85. The summed E-state index contributed by atoms with van der Waals surface area (Å²) < 4.78 is 14.6. The number of halogens is 2. The zero-order valence-corrected chi connectivity index (χ0v) is 22.4. The molecule has 1 N–H and O–H groups in total. The molecule has 2 amide bonds. The molecule has 0 saturated carbocycles. The van der Waals surface area contributed by atoms with Crippen LogP contribution >= 0.6 is 23.4 Å². The molecular formula is C29H32ClFN2O2S. The Labute approximate surface area is 222 Å². The summed E-state index contributed by atoms with van der Waals surface area (Å²) >= 11 is 7.42. The minimum atomic E-state index is -0.796. The molecule has 4 nitrogen and oxygen atoms in total. The Morgan fingerprint density at radius 3 is 2.22 bits per heavy atom. The van der Waals surface area contributed by atoms with Gasteiger partial charge < -0.3 is 10.2 Å². The van der Waals surface area contributed by atoms with Crippen molar-refractivity contribution in [1.29, 1.82) is 0 Å². The summed E-state index contributed by atoms with van der Waals surface area (Å²) in [7, 11) is 0. The van der Waals surface area contributed by atoms with Crippen LogP contribution in [-0.2, 0) is 28.3 Å². The first-order valence-corrected chi connectivity index (χ1v) is 13.4. The maximum atomic E-state index is 14.6. The van der Waals surface area contributed by atoms with Gasteiger partial charge in [0.15, 0.2) is 0 Å². The van der Waals surface area contributed by atoms with Crippen molar-refractivity contribution in [3.63, 3.8) is 0 Å². The molecule has 0 aliphatic rings. The average Bonchev–Trinajstić information content (AvgIpc) is 2.83. The zero-order chi connectivity index (χ0) is 26.1. The summed E-state index contributed by atoms with van der Waals surface area (Å²) in [5.74, 6) is -0.112. The Balaban J connectivity index is 1.87. The standard InChI is InChI=1S/C29H32ClFN2O2S/c1-29(2,3)32-28(35)26(17-21-9-5-4-6-10-21)33(18-23-11-7-8-12-25(23)31)27(34)20-36-19-22-13-15-24(30)16-14-22/h4-16,26H,17-20H2,1-3H3,(H,32,35)/t26-/m0/s1. The SMILES string of the molecule is CC(C)(C)NC(=O)[C@H](Cc1ccccc1)N(Cc1ccccc1F)C(=O)CSCc1ccc(Cl)cc1. The molecule has 0 unspecified atom stereocenters. The second-order valence-electron chi connectivity index (χ2n) is 9.68. The lowest BCUT2D eigenvalue weighted by Crippen LogP contribution is -2.54. The van der Waals surface area contributed by atoms with Gasteiger partial charge in [-0.15, -0.1) is 11.8 Å². The highest BCUT2D eigenvalue weighted by Crippen LogP contribution is 2.21. The van der Waals surface area contributed by atoms with Gasteiger partial charge in [-0.05, 0) is 50.1 Å². The Morgan fingerprint density at radius 1 is 0.944 bits per heavy atom. The van der Waals surface area contributed by atoms with Gasteiger partial charge in [-0.2, -0.15) is 0 Å². The van der Waals surface area contributed by atoms with Crippen LogP contribution in [0.1, 0.15) is 37.5 Å². The third-order valence-electron chi connectivity index (χ3n) is 5.48. The van der Waals surface area contributed by atoms with Crippen LogP contribution in [0, 0.1) is 5.82 Å². The first kappa shape index (κ1) is 27.8. The maximum Gasteiger partial charge on any atom is 0.243 e. The molecule has 1 atom stereocenters. The van der Waals surface area contributed by atoms with Gasteiger partial charge in [0.05, 0.1) is 5.75 Å². The van der Waals surface area contributed by atoms with Crippen LogP contribution in [0.15, 0.2) is 78.9 Å². The predicted octanol–water partition coefficient (Wildman–Crippen LogP) is 6.27. The van der Waals surface area contributed by atoms with E-state index in [2.05, 4.69) is 5.32 Å². The molecule has 0 aliphatic carbocycles. The molecule has 0 heterocycles. The third-order valence-corrected chi connectivity index (χ3v) is 6.72. The maximum absolute atomic E-state index is 14.6. The van der Waals surface area contributed by atoms with E-state index in [-0.39, 0.29) is 24.1 Å². The van der Waals surface area contributed by atoms with E-state index >= 15 is 0 Å². The molecule has 0 saturated heterocycles. The van der Waals surface area contributed by atoms with Crippen LogP contribution in [0.25, 0.3) is 0 Å². The lowest BCUT2D eigenvalue weighted by Gasteiger charge is -2.34. The zero-order valence-electron chi connectivity index (χ0n) is 20.8. The van der Waals surface area contributed by atoms with Gasteiger partial charge in [0.2, 0.25) is 11.8 Å². The van der Waals surface area contributed by atoms with Gasteiger partial charge in [-0.25, -0.2) is 4.39 Å². The van der Waals surface area contributed by atoms with Crippen LogP contribution in [0.4, 0.5) is 4.39 Å². The fourth-order valence-corrected chi connectivity index (χ4v) is 4.73. The minimum Gasteiger partial charge on any atom is -0.350 e. The van der Waals surface area contributed by atoms with E-state index in [9.17, 15) is 14.0 Å². The molecule has 0 fully saturated rings. The highest BCUT2D eigenvalue weighted by Gasteiger charge is 2.32. The highest BCUT2D eigenvalue weighted by molar-refractivity contribution is 7.99.